The zero-order chi connectivity index (χ0) is 15.5. The Labute approximate surface area is 128 Å². The first-order valence-electron chi connectivity index (χ1n) is 7.36. The third-order valence-corrected chi connectivity index (χ3v) is 3.84. The molecular weight excluding hydrogens is 282 g/mol. The zero-order valence-electron chi connectivity index (χ0n) is 12.5. The number of likely N-dealkylation sites (tertiary alicyclic amines) is 1. The molecule has 1 aromatic heterocycles. The first-order chi connectivity index (χ1) is 10.6. The standard InChI is InChI=1S/C16H19N3O3/c1-19-8-2-3-13(10-19)22-12-6-4-11(5-7-12)14-9-15(16(20)21)18-17-14/h4-7,9,13H,2-3,8,10H2,1H3,(H,17,18)(H,20,21). The second-order valence-corrected chi connectivity index (χ2v) is 5.64. The van der Waals surface area contributed by atoms with Gasteiger partial charge in [-0.05, 0) is 56.8 Å². The lowest BCUT2D eigenvalue weighted by atomic mass is 10.1. The average molecular weight is 301 g/mol. The predicted octanol–water partition coefficient (Wildman–Crippen LogP) is 2.25. The minimum Gasteiger partial charge on any atom is -0.489 e. The van der Waals surface area contributed by atoms with Gasteiger partial charge in [-0.1, -0.05) is 0 Å². The second kappa shape index (κ2) is 6.19. The van der Waals surface area contributed by atoms with Gasteiger partial charge in [-0.3, -0.25) is 5.10 Å². The van der Waals surface area contributed by atoms with Gasteiger partial charge in [0.25, 0.3) is 0 Å². The maximum Gasteiger partial charge on any atom is 0.353 e. The van der Waals surface area contributed by atoms with E-state index in [-0.39, 0.29) is 11.8 Å². The number of nitrogens with zero attached hydrogens (tertiary/aromatic N) is 2. The Morgan fingerprint density at radius 3 is 2.82 bits per heavy atom. The molecule has 0 aliphatic carbocycles. The molecule has 2 heterocycles. The number of piperidine rings is 1. The van der Waals surface area contributed by atoms with Crippen LogP contribution in [-0.2, 0) is 0 Å². The molecule has 0 amide bonds. The largest absolute Gasteiger partial charge is 0.489 e. The molecule has 6 nitrogen and oxygen atoms in total. The molecule has 1 atom stereocenters. The number of rotatable bonds is 4. The van der Waals surface area contributed by atoms with Gasteiger partial charge in [0, 0.05) is 12.1 Å². The molecule has 1 aliphatic heterocycles. The van der Waals surface area contributed by atoms with Crippen LogP contribution in [0.2, 0.25) is 0 Å². The Kier molecular flexibility index (Phi) is 4.11. The van der Waals surface area contributed by atoms with E-state index in [1.165, 1.54) is 6.07 Å². The minimum absolute atomic E-state index is 0.0839. The molecule has 1 aliphatic rings. The molecule has 1 fully saturated rings. The third-order valence-electron chi connectivity index (χ3n) is 3.84. The summed E-state index contributed by atoms with van der Waals surface area (Å²) in [5, 5.41) is 15.4. The number of nitrogens with one attached hydrogen (secondary N) is 1. The van der Waals surface area contributed by atoms with Crippen molar-refractivity contribution in [1.29, 1.82) is 0 Å². The van der Waals surface area contributed by atoms with E-state index in [0.717, 1.165) is 37.2 Å². The topological polar surface area (TPSA) is 78.5 Å². The zero-order valence-corrected chi connectivity index (χ0v) is 12.5. The van der Waals surface area contributed by atoms with Gasteiger partial charge in [0.1, 0.15) is 17.5 Å². The third kappa shape index (κ3) is 3.28. The first-order valence-corrected chi connectivity index (χ1v) is 7.36. The molecule has 6 heteroatoms. The smallest absolute Gasteiger partial charge is 0.353 e. The number of carboxylic acid groups (broad SMARTS) is 1. The Balaban J connectivity index is 1.68. The molecule has 2 aromatic rings. The number of likely N-dealkylation sites (N-methyl/N-ethyl adjacent to an activating group) is 1. The van der Waals surface area contributed by atoms with Crippen molar-refractivity contribution in [2.24, 2.45) is 0 Å². The summed E-state index contributed by atoms with van der Waals surface area (Å²) in [7, 11) is 2.11. The van der Waals surface area contributed by atoms with Crippen LogP contribution in [-0.4, -0.2) is 52.4 Å². The summed E-state index contributed by atoms with van der Waals surface area (Å²) in [6.07, 6.45) is 2.46. The minimum atomic E-state index is -1.01. The van der Waals surface area contributed by atoms with Crippen LogP contribution in [0.1, 0.15) is 23.3 Å². The maximum absolute atomic E-state index is 10.9. The Hall–Kier alpha value is -2.34. The van der Waals surface area contributed by atoms with Crippen LogP contribution in [0.3, 0.4) is 0 Å². The van der Waals surface area contributed by atoms with Gasteiger partial charge in [0.2, 0.25) is 0 Å². The number of hydrogen-bond acceptors (Lipinski definition) is 4. The van der Waals surface area contributed by atoms with Crippen LogP contribution in [0, 0.1) is 0 Å². The van der Waals surface area contributed by atoms with Crippen LogP contribution in [0.15, 0.2) is 30.3 Å². The van der Waals surface area contributed by atoms with Crippen LogP contribution < -0.4 is 4.74 Å². The molecule has 0 bridgehead atoms. The summed E-state index contributed by atoms with van der Waals surface area (Å²) in [6.45, 7) is 2.08. The lowest BCUT2D eigenvalue weighted by molar-refractivity contribution is 0.0690. The Bertz CT molecular complexity index is 651. The molecule has 0 spiro atoms. The first kappa shape index (κ1) is 14.6. The number of aromatic carboxylic acids is 1. The number of ether oxygens (including phenoxy) is 1. The fourth-order valence-electron chi connectivity index (χ4n) is 2.69. The molecule has 1 unspecified atom stereocenters. The maximum atomic E-state index is 10.9. The van der Waals surface area contributed by atoms with E-state index >= 15 is 0 Å². The summed E-state index contributed by atoms with van der Waals surface area (Å²) < 4.78 is 6.00. The van der Waals surface area contributed by atoms with Crippen molar-refractivity contribution in [3.8, 4) is 17.0 Å². The lowest BCUT2D eigenvalue weighted by Gasteiger charge is -2.30. The van der Waals surface area contributed by atoms with Crippen molar-refractivity contribution in [2.45, 2.75) is 18.9 Å². The van der Waals surface area contributed by atoms with E-state index in [1.54, 1.807) is 0 Å². The number of carbonyl (C=O) groups is 1. The molecule has 0 radical (unpaired) electrons. The summed E-state index contributed by atoms with van der Waals surface area (Å²) in [5.41, 5.74) is 1.55. The normalized spacial score (nSPS) is 19.0. The van der Waals surface area contributed by atoms with Gasteiger partial charge in [-0.2, -0.15) is 5.10 Å². The summed E-state index contributed by atoms with van der Waals surface area (Å²) >= 11 is 0. The number of benzene rings is 1. The monoisotopic (exact) mass is 301 g/mol. The highest BCUT2D eigenvalue weighted by molar-refractivity contribution is 5.86. The van der Waals surface area contributed by atoms with Crippen molar-refractivity contribution in [1.82, 2.24) is 15.1 Å². The molecule has 22 heavy (non-hydrogen) atoms. The fourth-order valence-corrected chi connectivity index (χ4v) is 2.69. The van der Waals surface area contributed by atoms with Crippen LogP contribution in [0.4, 0.5) is 0 Å². The molecule has 0 saturated carbocycles. The predicted molar refractivity (Wildman–Crippen MR) is 82.1 cm³/mol. The van der Waals surface area contributed by atoms with Crippen molar-refractivity contribution in [3.63, 3.8) is 0 Å². The van der Waals surface area contributed by atoms with Crippen LogP contribution in [0.5, 0.6) is 5.75 Å². The summed E-state index contributed by atoms with van der Waals surface area (Å²) in [5.74, 6) is -0.182. The Morgan fingerprint density at radius 1 is 1.41 bits per heavy atom. The lowest BCUT2D eigenvalue weighted by Crippen LogP contribution is -2.38. The van der Waals surface area contributed by atoms with Gasteiger partial charge >= 0.3 is 5.97 Å². The molecule has 2 N–H and O–H groups in total. The number of aromatic nitrogens is 2. The highest BCUT2D eigenvalue weighted by Gasteiger charge is 2.18. The van der Waals surface area contributed by atoms with Crippen LogP contribution in [0.25, 0.3) is 11.3 Å². The van der Waals surface area contributed by atoms with E-state index < -0.39 is 5.97 Å². The van der Waals surface area contributed by atoms with E-state index in [4.69, 9.17) is 9.84 Å². The number of aromatic amines is 1. The SMILES string of the molecule is CN1CCCC(Oc2ccc(-c3cc(C(=O)O)[nH]n3)cc2)C1. The van der Waals surface area contributed by atoms with Crippen molar-refractivity contribution in [3.05, 3.63) is 36.0 Å². The van der Waals surface area contributed by atoms with E-state index in [9.17, 15) is 4.79 Å². The molecule has 3 rings (SSSR count). The quantitative estimate of drug-likeness (QED) is 0.905. The summed E-state index contributed by atoms with van der Waals surface area (Å²) in [6, 6.07) is 9.11. The average Bonchev–Trinajstić information content (AvgIpc) is 2.98. The highest BCUT2D eigenvalue weighted by Crippen LogP contribution is 2.23. The molecule has 116 valence electrons. The summed E-state index contributed by atoms with van der Waals surface area (Å²) in [4.78, 5) is 13.1. The van der Waals surface area contributed by atoms with Gasteiger partial charge in [0.15, 0.2) is 0 Å². The van der Waals surface area contributed by atoms with Crippen LogP contribution >= 0.6 is 0 Å². The highest BCUT2D eigenvalue weighted by atomic mass is 16.5. The number of carboxylic acids is 1. The second-order valence-electron chi connectivity index (χ2n) is 5.64. The van der Waals surface area contributed by atoms with Crippen molar-refractivity contribution < 1.29 is 14.6 Å². The number of hydrogen-bond donors (Lipinski definition) is 2. The van der Waals surface area contributed by atoms with E-state index in [1.807, 2.05) is 24.3 Å². The number of H-pyrrole nitrogens is 1. The molecular formula is C16H19N3O3. The van der Waals surface area contributed by atoms with Gasteiger partial charge in [-0.15, -0.1) is 0 Å². The van der Waals surface area contributed by atoms with E-state index in [0.29, 0.717) is 5.69 Å². The van der Waals surface area contributed by atoms with Gasteiger partial charge in [-0.25, -0.2) is 4.79 Å². The van der Waals surface area contributed by atoms with Gasteiger partial charge in [0.05, 0.1) is 5.69 Å². The van der Waals surface area contributed by atoms with Gasteiger partial charge < -0.3 is 14.7 Å². The molecule has 1 saturated heterocycles. The fraction of sp³-hybridized carbons (Fsp3) is 0.375. The van der Waals surface area contributed by atoms with E-state index in [2.05, 4.69) is 22.1 Å². The van der Waals surface area contributed by atoms with Crippen molar-refractivity contribution in [2.75, 3.05) is 20.1 Å². The molecule has 1 aromatic carbocycles. The van der Waals surface area contributed by atoms with Crippen molar-refractivity contribution >= 4 is 5.97 Å². The Morgan fingerprint density at radius 2 is 2.18 bits per heavy atom.